The van der Waals surface area contributed by atoms with Gasteiger partial charge in [0.1, 0.15) is 23.1 Å². The highest BCUT2D eigenvalue weighted by Gasteiger charge is 2.18. The third-order valence-electron chi connectivity index (χ3n) is 2.97. The average molecular weight is 313 g/mol. The van der Waals surface area contributed by atoms with Crippen LogP contribution in [0.1, 0.15) is 5.82 Å². The normalized spacial score (nSPS) is 11.2. The number of para-hydroxylation sites is 1. The lowest BCUT2D eigenvalue weighted by atomic mass is 10.2. The Morgan fingerprint density at radius 1 is 1.10 bits per heavy atom. The number of benzene rings is 2. The van der Waals surface area contributed by atoms with Crippen molar-refractivity contribution in [3.63, 3.8) is 0 Å². The maximum atomic E-state index is 14.0. The van der Waals surface area contributed by atoms with Gasteiger partial charge in [0.2, 0.25) is 0 Å². The van der Waals surface area contributed by atoms with Crippen LogP contribution in [0.5, 0.6) is 0 Å². The van der Waals surface area contributed by atoms with E-state index in [1.54, 1.807) is 18.2 Å². The number of aromatic nitrogens is 2. The van der Waals surface area contributed by atoms with Gasteiger partial charge in [0.25, 0.3) is 0 Å². The molecule has 0 amide bonds. The lowest BCUT2D eigenvalue weighted by molar-refractivity contribution is 0.569. The standard InChI is InChI=1S/C14H8Cl2F2N2/c15-7-13-19-11-5-4-8(16)6-12(11)20(13)14-9(17)2-1-3-10(14)18/h1-6H,7H2. The highest BCUT2D eigenvalue weighted by Crippen LogP contribution is 2.28. The molecule has 0 radical (unpaired) electrons. The Balaban J connectivity index is 2.42. The van der Waals surface area contributed by atoms with Crippen LogP contribution in [0.25, 0.3) is 16.7 Å². The fourth-order valence-corrected chi connectivity index (χ4v) is 2.49. The molecule has 2 nitrogen and oxygen atoms in total. The number of rotatable bonds is 2. The third kappa shape index (κ3) is 2.05. The highest BCUT2D eigenvalue weighted by molar-refractivity contribution is 6.31. The van der Waals surface area contributed by atoms with Crippen LogP contribution in [0, 0.1) is 11.6 Å². The van der Waals surface area contributed by atoms with Gasteiger partial charge in [-0.1, -0.05) is 17.7 Å². The van der Waals surface area contributed by atoms with Gasteiger partial charge in [0, 0.05) is 5.02 Å². The van der Waals surface area contributed by atoms with Crippen molar-refractivity contribution in [1.29, 1.82) is 0 Å². The summed E-state index contributed by atoms with van der Waals surface area (Å²) >= 11 is 11.8. The van der Waals surface area contributed by atoms with E-state index >= 15 is 0 Å². The predicted molar refractivity (Wildman–Crippen MR) is 75.6 cm³/mol. The van der Waals surface area contributed by atoms with E-state index in [0.29, 0.717) is 21.9 Å². The fraction of sp³-hybridized carbons (Fsp3) is 0.0714. The van der Waals surface area contributed by atoms with Crippen LogP contribution in [0.2, 0.25) is 5.02 Å². The Hall–Kier alpha value is -1.65. The summed E-state index contributed by atoms with van der Waals surface area (Å²) in [6.07, 6.45) is 0. The molecule has 0 fully saturated rings. The van der Waals surface area contributed by atoms with Crippen molar-refractivity contribution in [2.24, 2.45) is 0 Å². The van der Waals surface area contributed by atoms with E-state index in [4.69, 9.17) is 23.2 Å². The molecule has 3 aromatic rings. The summed E-state index contributed by atoms with van der Waals surface area (Å²) < 4.78 is 29.3. The van der Waals surface area contributed by atoms with E-state index in [9.17, 15) is 8.78 Å². The molecule has 0 aliphatic heterocycles. The van der Waals surface area contributed by atoms with Gasteiger partial charge in [-0.25, -0.2) is 13.8 Å². The Bertz CT molecular complexity index is 779. The molecule has 0 bridgehead atoms. The Kier molecular flexibility index (Phi) is 3.36. The second kappa shape index (κ2) is 5.04. The molecule has 6 heteroatoms. The molecule has 0 spiro atoms. The first-order chi connectivity index (χ1) is 9.61. The minimum atomic E-state index is -0.685. The summed E-state index contributed by atoms with van der Waals surface area (Å²) in [5.41, 5.74) is 0.887. The second-order valence-electron chi connectivity index (χ2n) is 4.20. The van der Waals surface area contributed by atoms with E-state index in [1.165, 1.54) is 22.8 Å². The maximum Gasteiger partial charge on any atom is 0.150 e. The summed E-state index contributed by atoms with van der Waals surface area (Å²) in [4.78, 5) is 4.27. The zero-order chi connectivity index (χ0) is 14.3. The molecule has 102 valence electrons. The van der Waals surface area contributed by atoms with Crippen molar-refractivity contribution in [1.82, 2.24) is 9.55 Å². The van der Waals surface area contributed by atoms with E-state index in [1.807, 2.05) is 0 Å². The second-order valence-corrected chi connectivity index (χ2v) is 4.90. The molecule has 0 saturated carbocycles. The first-order valence-corrected chi connectivity index (χ1v) is 6.70. The molecule has 2 aromatic carbocycles. The molecular formula is C14H8Cl2F2N2. The van der Waals surface area contributed by atoms with Crippen molar-refractivity contribution >= 4 is 34.2 Å². The monoisotopic (exact) mass is 312 g/mol. The van der Waals surface area contributed by atoms with Crippen LogP contribution in [0.4, 0.5) is 8.78 Å². The predicted octanol–water partition coefficient (Wildman–Crippen LogP) is 4.70. The van der Waals surface area contributed by atoms with E-state index in [2.05, 4.69) is 4.98 Å². The fourth-order valence-electron chi connectivity index (χ4n) is 2.14. The molecule has 0 atom stereocenters. The molecule has 1 heterocycles. The van der Waals surface area contributed by atoms with Gasteiger partial charge in [0.15, 0.2) is 0 Å². The quantitative estimate of drug-likeness (QED) is 0.627. The van der Waals surface area contributed by atoms with Gasteiger partial charge in [-0.2, -0.15) is 0 Å². The van der Waals surface area contributed by atoms with Crippen molar-refractivity contribution in [3.8, 4) is 5.69 Å². The summed E-state index contributed by atoms with van der Waals surface area (Å²) in [7, 11) is 0. The third-order valence-corrected chi connectivity index (χ3v) is 3.44. The van der Waals surface area contributed by atoms with Gasteiger partial charge >= 0.3 is 0 Å². The molecule has 0 aliphatic carbocycles. The smallest absolute Gasteiger partial charge is 0.150 e. The molecule has 0 unspecified atom stereocenters. The molecule has 3 rings (SSSR count). The van der Waals surface area contributed by atoms with Crippen LogP contribution in [0.3, 0.4) is 0 Å². The largest absolute Gasteiger partial charge is 0.290 e. The zero-order valence-corrected chi connectivity index (χ0v) is 11.6. The summed E-state index contributed by atoms with van der Waals surface area (Å²) in [5.74, 6) is -0.987. The molecular weight excluding hydrogens is 305 g/mol. The van der Waals surface area contributed by atoms with E-state index in [0.717, 1.165) is 0 Å². The molecule has 0 N–H and O–H groups in total. The van der Waals surface area contributed by atoms with Gasteiger partial charge in [-0.3, -0.25) is 4.57 Å². The van der Waals surface area contributed by atoms with Crippen molar-refractivity contribution in [2.45, 2.75) is 5.88 Å². The maximum absolute atomic E-state index is 14.0. The summed E-state index contributed by atoms with van der Waals surface area (Å²) in [6, 6.07) is 8.63. The molecule has 1 aromatic heterocycles. The SMILES string of the molecule is Fc1cccc(F)c1-n1c(CCl)nc2ccc(Cl)cc21. The van der Waals surface area contributed by atoms with E-state index < -0.39 is 11.6 Å². The number of hydrogen-bond donors (Lipinski definition) is 0. The van der Waals surface area contributed by atoms with Crippen LogP contribution < -0.4 is 0 Å². The number of nitrogens with zero attached hydrogens (tertiary/aromatic N) is 2. The Morgan fingerprint density at radius 3 is 2.45 bits per heavy atom. The number of hydrogen-bond acceptors (Lipinski definition) is 1. The molecule has 20 heavy (non-hydrogen) atoms. The topological polar surface area (TPSA) is 17.8 Å². The van der Waals surface area contributed by atoms with Crippen LogP contribution in [-0.2, 0) is 5.88 Å². The lowest BCUT2D eigenvalue weighted by Crippen LogP contribution is -2.05. The highest BCUT2D eigenvalue weighted by atomic mass is 35.5. The van der Waals surface area contributed by atoms with Crippen molar-refractivity contribution in [2.75, 3.05) is 0 Å². The first-order valence-electron chi connectivity index (χ1n) is 5.79. The first kappa shape index (κ1) is 13.3. The number of halogens is 4. The minimum absolute atomic E-state index is 0.0279. The van der Waals surface area contributed by atoms with Gasteiger partial charge < -0.3 is 0 Å². The zero-order valence-electron chi connectivity index (χ0n) is 10.1. The number of alkyl halides is 1. The van der Waals surface area contributed by atoms with Gasteiger partial charge in [-0.15, -0.1) is 11.6 Å². The number of fused-ring (bicyclic) bond motifs is 1. The summed E-state index contributed by atoms with van der Waals surface area (Å²) in [6.45, 7) is 0. The van der Waals surface area contributed by atoms with Gasteiger partial charge in [0.05, 0.1) is 16.9 Å². The van der Waals surface area contributed by atoms with Crippen molar-refractivity contribution < 1.29 is 8.78 Å². The molecule has 0 aliphatic rings. The van der Waals surface area contributed by atoms with Gasteiger partial charge in [-0.05, 0) is 30.3 Å². The van der Waals surface area contributed by atoms with Crippen molar-refractivity contribution in [3.05, 3.63) is 58.9 Å². The minimum Gasteiger partial charge on any atom is -0.290 e. The summed E-state index contributed by atoms with van der Waals surface area (Å²) in [5, 5.41) is 0.455. The van der Waals surface area contributed by atoms with Crippen LogP contribution >= 0.6 is 23.2 Å². The Labute approximate surface area is 123 Å². The lowest BCUT2D eigenvalue weighted by Gasteiger charge is -2.10. The average Bonchev–Trinajstić information content (AvgIpc) is 2.77. The molecule has 0 saturated heterocycles. The Morgan fingerprint density at radius 2 is 1.80 bits per heavy atom. The van der Waals surface area contributed by atoms with Crippen LogP contribution in [-0.4, -0.2) is 9.55 Å². The van der Waals surface area contributed by atoms with Crippen LogP contribution in [0.15, 0.2) is 36.4 Å². The van der Waals surface area contributed by atoms with E-state index in [-0.39, 0.29) is 11.6 Å². The number of imidazole rings is 1.